The van der Waals surface area contributed by atoms with E-state index in [2.05, 4.69) is 34.6 Å². The Morgan fingerprint density at radius 1 is 1.17 bits per heavy atom. The summed E-state index contributed by atoms with van der Waals surface area (Å²) in [7, 11) is -1.63. The van der Waals surface area contributed by atoms with Gasteiger partial charge >= 0.3 is 9.28 Å². The van der Waals surface area contributed by atoms with E-state index < -0.39 is 9.28 Å². The van der Waals surface area contributed by atoms with Gasteiger partial charge in [0.2, 0.25) is 0 Å². The van der Waals surface area contributed by atoms with Crippen molar-refractivity contribution < 1.29 is 18.3 Å². The molecule has 2 atom stereocenters. The fourth-order valence-corrected chi connectivity index (χ4v) is 4.12. The van der Waals surface area contributed by atoms with Crippen LogP contribution in [-0.2, 0) is 18.3 Å². The normalized spacial score (nSPS) is 21.0. The van der Waals surface area contributed by atoms with Crippen molar-refractivity contribution in [2.45, 2.75) is 71.5 Å². The van der Waals surface area contributed by atoms with E-state index in [1.807, 2.05) is 0 Å². The Morgan fingerprint density at radius 3 is 2.11 bits per heavy atom. The Hall–Kier alpha value is 0.0569. The Bertz CT molecular complexity index is 209. The predicted octanol–water partition coefficient (Wildman–Crippen LogP) is 2.25. The second kappa shape index (κ2) is 8.27. The van der Waals surface area contributed by atoms with Gasteiger partial charge in [-0.2, -0.15) is 0 Å². The smallest absolute Gasteiger partial charge is 0.324 e. The van der Waals surface area contributed by atoms with Gasteiger partial charge in [-0.15, -0.1) is 0 Å². The molecular weight excluding hydrogens is 248 g/mol. The molecule has 0 aromatic carbocycles. The highest BCUT2D eigenvalue weighted by atomic mass is 28.3. The quantitative estimate of drug-likeness (QED) is 0.453. The number of epoxide rings is 1. The summed E-state index contributed by atoms with van der Waals surface area (Å²) in [6, 6.07) is 0.916. The van der Waals surface area contributed by atoms with Crippen LogP contribution in [0.25, 0.3) is 0 Å². The molecule has 0 radical (unpaired) electrons. The molecule has 5 heteroatoms. The molecular formula is C13H28O4Si. The van der Waals surface area contributed by atoms with Gasteiger partial charge in [0.05, 0.1) is 19.3 Å². The summed E-state index contributed by atoms with van der Waals surface area (Å²) in [6.45, 7) is 11.9. The van der Waals surface area contributed by atoms with Gasteiger partial charge in [-0.1, -0.05) is 6.92 Å². The highest BCUT2D eigenvalue weighted by Crippen LogP contribution is 2.16. The first-order valence-electron chi connectivity index (χ1n) is 7.05. The van der Waals surface area contributed by atoms with E-state index in [4.69, 9.17) is 18.3 Å². The van der Waals surface area contributed by atoms with E-state index in [1.54, 1.807) is 0 Å². The van der Waals surface area contributed by atoms with E-state index >= 15 is 0 Å². The minimum Gasteiger partial charge on any atom is -0.394 e. The Morgan fingerprint density at radius 2 is 1.72 bits per heavy atom. The first-order valence-corrected chi connectivity index (χ1v) is 8.81. The van der Waals surface area contributed by atoms with Crippen LogP contribution in [-0.4, -0.2) is 46.9 Å². The zero-order valence-electron chi connectivity index (χ0n) is 12.3. The van der Waals surface area contributed by atoms with Gasteiger partial charge in [0.25, 0.3) is 0 Å². The summed E-state index contributed by atoms with van der Waals surface area (Å²) < 4.78 is 22.9. The van der Waals surface area contributed by atoms with E-state index in [0.29, 0.717) is 12.7 Å². The number of hydrogen-bond donors (Lipinski definition) is 0. The maximum absolute atomic E-state index is 5.92. The SMILES string of the molecule is CCC(C[SiH](OC(C)C)OC(C)C)OCC1CO1. The minimum absolute atomic E-state index is 0.227. The van der Waals surface area contributed by atoms with Gasteiger partial charge in [-0.3, -0.25) is 0 Å². The fourth-order valence-electron chi connectivity index (χ4n) is 1.73. The molecule has 0 aromatic rings. The van der Waals surface area contributed by atoms with E-state index in [-0.39, 0.29) is 18.3 Å². The van der Waals surface area contributed by atoms with Crippen LogP contribution in [0.3, 0.4) is 0 Å². The molecule has 18 heavy (non-hydrogen) atoms. The highest BCUT2D eigenvalue weighted by molar-refractivity contribution is 6.44. The summed E-state index contributed by atoms with van der Waals surface area (Å²) in [4.78, 5) is 0. The van der Waals surface area contributed by atoms with Crippen molar-refractivity contribution in [1.29, 1.82) is 0 Å². The average Bonchev–Trinajstić information content (AvgIpc) is 3.05. The van der Waals surface area contributed by atoms with Crippen LogP contribution in [0.1, 0.15) is 41.0 Å². The van der Waals surface area contributed by atoms with Crippen molar-refractivity contribution in [3.63, 3.8) is 0 Å². The lowest BCUT2D eigenvalue weighted by Crippen LogP contribution is -2.34. The lowest BCUT2D eigenvalue weighted by Gasteiger charge is -2.25. The van der Waals surface area contributed by atoms with Gasteiger partial charge in [0, 0.05) is 18.3 Å². The van der Waals surface area contributed by atoms with E-state index in [9.17, 15) is 0 Å². The Kier molecular flexibility index (Phi) is 7.40. The standard InChI is InChI=1S/C13H28O4Si/c1-6-12(14-7-13-8-15-13)9-18(16-10(2)3)17-11(4)5/h10-13,18H,6-9H2,1-5H3. The first-order chi connectivity index (χ1) is 8.51. The molecule has 1 rings (SSSR count). The monoisotopic (exact) mass is 276 g/mol. The van der Waals surface area contributed by atoms with Crippen LogP contribution in [0.4, 0.5) is 0 Å². The molecule has 108 valence electrons. The average molecular weight is 276 g/mol. The summed E-state index contributed by atoms with van der Waals surface area (Å²) in [5, 5.41) is 0. The van der Waals surface area contributed by atoms with Gasteiger partial charge in [-0.05, 0) is 34.1 Å². The lowest BCUT2D eigenvalue weighted by atomic mass is 10.3. The summed E-state index contributed by atoms with van der Waals surface area (Å²) in [5.74, 6) is 0. The molecule has 0 saturated carbocycles. The largest absolute Gasteiger partial charge is 0.394 e. The van der Waals surface area contributed by atoms with Gasteiger partial charge in [0.1, 0.15) is 6.10 Å². The molecule has 0 aliphatic carbocycles. The minimum atomic E-state index is -1.63. The maximum Gasteiger partial charge on any atom is 0.324 e. The molecule has 4 nitrogen and oxygen atoms in total. The van der Waals surface area contributed by atoms with Crippen molar-refractivity contribution >= 4 is 9.28 Å². The van der Waals surface area contributed by atoms with Crippen molar-refractivity contribution in [3.05, 3.63) is 0 Å². The molecule has 2 unspecified atom stereocenters. The Labute approximate surface area is 113 Å². The molecule has 0 amide bonds. The van der Waals surface area contributed by atoms with Crippen molar-refractivity contribution in [1.82, 2.24) is 0 Å². The molecule has 0 N–H and O–H groups in total. The summed E-state index contributed by atoms with van der Waals surface area (Å²) in [6.07, 6.45) is 2.02. The third-order valence-electron chi connectivity index (χ3n) is 2.68. The van der Waals surface area contributed by atoms with Gasteiger partial charge in [-0.25, -0.2) is 0 Å². The van der Waals surface area contributed by atoms with Crippen LogP contribution in [0, 0.1) is 0 Å². The first kappa shape index (κ1) is 16.1. The molecule has 0 spiro atoms. The Balaban J connectivity index is 2.33. The lowest BCUT2D eigenvalue weighted by molar-refractivity contribution is 0.0403. The second-order valence-corrected chi connectivity index (χ2v) is 7.23. The number of hydrogen-bond acceptors (Lipinski definition) is 4. The fraction of sp³-hybridized carbons (Fsp3) is 1.00. The van der Waals surface area contributed by atoms with Gasteiger partial charge in [0.15, 0.2) is 0 Å². The maximum atomic E-state index is 5.92. The molecule has 1 fully saturated rings. The zero-order valence-corrected chi connectivity index (χ0v) is 13.5. The van der Waals surface area contributed by atoms with Gasteiger partial charge < -0.3 is 18.3 Å². The highest BCUT2D eigenvalue weighted by Gasteiger charge is 2.27. The van der Waals surface area contributed by atoms with Crippen LogP contribution in [0.5, 0.6) is 0 Å². The molecule has 1 aliphatic rings. The van der Waals surface area contributed by atoms with Crippen LogP contribution in [0.2, 0.25) is 6.04 Å². The number of ether oxygens (including phenoxy) is 2. The predicted molar refractivity (Wildman–Crippen MR) is 74.2 cm³/mol. The van der Waals surface area contributed by atoms with Crippen LogP contribution < -0.4 is 0 Å². The van der Waals surface area contributed by atoms with E-state index in [0.717, 1.165) is 19.1 Å². The summed E-state index contributed by atoms with van der Waals surface area (Å²) >= 11 is 0. The van der Waals surface area contributed by atoms with Crippen molar-refractivity contribution in [2.75, 3.05) is 13.2 Å². The van der Waals surface area contributed by atoms with Crippen LogP contribution in [0.15, 0.2) is 0 Å². The molecule has 1 heterocycles. The topological polar surface area (TPSA) is 40.2 Å². The number of rotatable bonds is 10. The third-order valence-corrected chi connectivity index (χ3v) is 5.29. The third kappa shape index (κ3) is 7.48. The van der Waals surface area contributed by atoms with Crippen molar-refractivity contribution in [3.8, 4) is 0 Å². The molecule has 1 saturated heterocycles. The molecule has 1 aliphatic heterocycles. The molecule has 0 aromatic heterocycles. The van der Waals surface area contributed by atoms with E-state index in [1.165, 1.54) is 0 Å². The van der Waals surface area contributed by atoms with Crippen LogP contribution >= 0.6 is 0 Å². The molecule has 0 bridgehead atoms. The second-order valence-electron chi connectivity index (χ2n) is 5.35. The zero-order chi connectivity index (χ0) is 13.5. The summed E-state index contributed by atoms with van der Waals surface area (Å²) in [5.41, 5.74) is 0. The van der Waals surface area contributed by atoms with Crippen molar-refractivity contribution in [2.24, 2.45) is 0 Å².